The molecular weight excluding hydrogens is 292 g/mol. The van der Waals surface area contributed by atoms with Gasteiger partial charge in [-0.2, -0.15) is 5.10 Å². The summed E-state index contributed by atoms with van der Waals surface area (Å²) < 4.78 is 7.10. The summed E-state index contributed by atoms with van der Waals surface area (Å²) in [6.07, 6.45) is 1.76. The molecule has 1 amide bonds. The predicted molar refractivity (Wildman–Crippen MR) is 88.0 cm³/mol. The first kappa shape index (κ1) is 15.0. The van der Waals surface area contributed by atoms with Crippen LogP contribution in [0.15, 0.2) is 36.5 Å². The van der Waals surface area contributed by atoms with Crippen LogP contribution in [0.5, 0.6) is 5.75 Å². The number of anilines is 1. The second-order valence-electron chi connectivity index (χ2n) is 5.25. The third-order valence-electron chi connectivity index (χ3n) is 3.39. The number of nitrogens with one attached hydrogen (secondary N) is 1. The number of carbonyl (C=O) groups is 1. The van der Waals surface area contributed by atoms with Gasteiger partial charge in [0, 0.05) is 5.56 Å². The predicted octanol–water partition coefficient (Wildman–Crippen LogP) is 3.00. The smallest absolute Gasteiger partial charge is 0.255 e. The molecule has 1 aromatic carbocycles. The van der Waals surface area contributed by atoms with Gasteiger partial charge in [-0.05, 0) is 50.6 Å². The average molecular weight is 310 g/mol. The van der Waals surface area contributed by atoms with Crippen molar-refractivity contribution in [1.82, 2.24) is 14.6 Å². The first-order valence-corrected chi connectivity index (χ1v) is 7.44. The van der Waals surface area contributed by atoms with Crippen molar-refractivity contribution in [2.45, 2.75) is 20.8 Å². The SMILES string of the molecule is CCOc1cccc(C(=O)Nc2cc(C)c3nc(C)nn3c2)c1. The fourth-order valence-corrected chi connectivity index (χ4v) is 2.42. The van der Waals surface area contributed by atoms with Crippen LogP contribution in [0.4, 0.5) is 5.69 Å². The van der Waals surface area contributed by atoms with Gasteiger partial charge in [0.1, 0.15) is 11.6 Å². The number of pyridine rings is 1. The molecule has 0 unspecified atom stereocenters. The Balaban J connectivity index is 1.86. The van der Waals surface area contributed by atoms with Crippen molar-refractivity contribution >= 4 is 17.2 Å². The first-order valence-electron chi connectivity index (χ1n) is 7.44. The number of carbonyl (C=O) groups excluding carboxylic acids is 1. The standard InChI is InChI=1S/C17H18N4O2/c1-4-23-15-7-5-6-13(9-15)17(22)19-14-8-11(2)16-18-12(3)20-21(16)10-14/h5-10H,4H2,1-3H3,(H,19,22). The van der Waals surface area contributed by atoms with E-state index in [2.05, 4.69) is 15.4 Å². The molecule has 2 heterocycles. The van der Waals surface area contributed by atoms with Crippen LogP contribution in [0.3, 0.4) is 0 Å². The fourth-order valence-electron chi connectivity index (χ4n) is 2.42. The van der Waals surface area contributed by atoms with Crippen LogP contribution in [-0.2, 0) is 0 Å². The summed E-state index contributed by atoms with van der Waals surface area (Å²) in [5.41, 5.74) is 2.96. The molecule has 0 aliphatic heterocycles. The summed E-state index contributed by atoms with van der Waals surface area (Å²) >= 11 is 0. The minimum absolute atomic E-state index is 0.192. The molecule has 0 fully saturated rings. The van der Waals surface area contributed by atoms with E-state index in [-0.39, 0.29) is 5.91 Å². The van der Waals surface area contributed by atoms with Crippen molar-refractivity contribution < 1.29 is 9.53 Å². The zero-order chi connectivity index (χ0) is 16.4. The summed E-state index contributed by atoms with van der Waals surface area (Å²) in [6, 6.07) is 8.99. The zero-order valence-electron chi connectivity index (χ0n) is 13.3. The number of ether oxygens (including phenoxy) is 1. The minimum atomic E-state index is -0.192. The molecule has 6 heteroatoms. The molecule has 0 aliphatic rings. The van der Waals surface area contributed by atoms with Gasteiger partial charge in [0.15, 0.2) is 5.65 Å². The molecule has 0 spiro atoms. The molecule has 3 aromatic rings. The highest BCUT2D eigenvalue weighted by atomic mass is 16.5. The summed E-state index contributed by atoms with van der Waals surface area (Å²) in [5, 5.41) is 7.17. The number of benzene rings is 1. The van der Waals surface area contributed by atoms with E-state index in [0.717, 1.165) is 11.2 Å². The van der Waals surface area contributed by atoms with E-state index in [1.54, 1.807) is 28.9 Å². The second-order valence-corrected chi connectivity index (χ2v) is 5.25. The lowest BCUT2D eigenvalue weighted by Crippen LogP contribution is -2.13. The molecule has 0 saturated heterocycles. The van der Waals surface area contributed by atoms with Gasteiger partial charge in [-0.15, -0.1) is 0 Å². The van der Waals surface area contributed by atoms with Gasteiger partial charge < -0.3 is 10.1 Å². The maximum Gasteiger partial charge on any atom is 0.255 e. The largest absolute Gasteiger partial charge is 0.494 e. The minimum Gasteiger partial charge on any atom is -0.494 e. The van der Waals surface area contributed by atoms with Crippen LogP contribution in [0.1, 0.15) is 28.7 Å². The van der Waals surface area contributed by atoms with Crippen molar-refractivity contribution in [3.8, 4) is 5.75 Å². The molecule has 0 saturated carbocycles. The number of hydrogen-bond donors (Lipinski definition) is 1. The van der Waals surface area contributed by atoms with Crippen molar-refractivity contribution in [3.63, 3.8) is 0 Å². The van der Waals surface area contributed by atoms with E-state index in [9.17, 15) is 4.79 Å². The lowest BCUT2D eigenvalue weighted by molar-refractivity contribution is 0.102. The highest BCUT2D eigenvalue weighted by Gasteiger charge is 2.10. The van der Waals surface area contributed by atoms with E-state index < -0.39 is 0 Å². The Morgan fingerprint density at radius 3 is 2.91 bits per heavy atom. The number of rotatable bonds is 4. The number of nitrogens with zero attached hydrogens (tertiary/aromatic N) is 3. The number of amides is 1. The molecule has 0 aliphatic carbocycles. The zero-order valence-corrected chi connectivity index (χ0v) is 13.3. The molecule has 3 rings (SSSR count). The first-order chi connectivity index (χ1) is 11.1. The summed E-state index contributed by atoms with van der Waals surface area (Å²) in [4.78, 5) is 16.8. The van der Waals surface area contributed by atoms with Crippen molar-refractivity contribution in [2.24, 2.45) is 0 Å². The van der Waals surface area contributed by atoms with E-state index in [0.29, 0.717) is 29.4 Å². The van der Waals surface area contributed by atoms with Gasteiger partial charge in [-0.1, -0.05) is 6.07 Å². The number of hydrogen-bond acceptors (Lipinski definition) is 4. The molecule has 0 atom stereocenters. The quantitative estimate of drug-likeness (QED) is 0.804. The normalized spacial score (nSPS) is 10.7. The maximum atomic E-state index is 12.4. The van der Waals surface area contributed by atoms with Crippen LogP contribution >= 0.6 is 0 Å². The molecule has 0 radical (unpaired) electrons. The second kappa shape index (κ2) is 6.08. The van der Waals surface area contributed by atoms with Crippen molar-refractivity contribution in [2.75, 3.05) is 11.9 Å². The van der Waals surface area contributed by atoms with Crippen LogP contribution in [0.25, 0.3) is 5.65 Å². The Hall–Kier alpha value is -2.89. The van der Waals surface area contributed by atoms with E-state index in [1.165, 1.54) is 0 Å². The van der Waals surface area contributed by atoms with Gasteiger partial charge in [-0.25, -0.2) is 9.50 Å². The molecule has 6 nitrogen and oxygen atoms in total. The lowest BCUT2D eigenvalue weighted by Gasteiger charge is -2.08. The Labute approximate surface area is 134 Å². The number of aryl methyl sites for hydroxylation is 2. The molecule has 0 bridgehead atoms. The topological polar surface area (TPSA) is 68.5 Å². The van der Waals surface area contributed by atoms with E-state index >= 15 is 0 Å². The summed E-state index contributed by atoms with van der Waals surface area (Å²) in [6.45, 7) is 6.25. The van der Waals surface area contributed by atoms with Gasteiger partial charge in [0.05, 0.1) is 18.5 Å². The third-order valence-corrected chi connectivity index (χ3v) is 3.39. The summed E-state index contributed by atoms with van der Waals surface area (Å²) in [7, 11) is 0. The van der Waals surface area contributed by atoms with E-state index in [4.69, 9.17) is 4.74 Å². The van der Waals surface area contributed by atoms with E-state index in [1.807, 2.05) is 32.9 Å². The highest BCUT2D eigenvalue weighted by Crippen LogP contribution is 2.18. The fraction of sp³-hybridized carbons (Fsp3) is 0.235. The molecule has 2 aromatic heterocycles. The van der Waals surface area contributed by atoms with Gasteiger partial charge in [-0.3, -0.25) is 4.79 Å². The van der Waals surface area contributed by atoms with Crippen molar-refractivity contribution in [1.29, 1.82) is 0 Å². The highest BCUT2D eigenvalue weighted by molar-refractivity contribution is 6.04. The Bertz CT molecular complexity index is 870. The van der Waals surface area contributed by atoms with Gasteiger partial charge >= 0.3 is 0 Å². The van der Waals surface area contributed by atoms with Crippen LogP contribution in [0, 0.1) is 13.8 Å². The lowest BCUT2D eigenvalue weighted by atomic mass is 10.2. The summed E-state index contributed by atoms with van der Waals surface area (Å²) in [5.74, 6) is 1.18. The maximum absolute atomic E-state index is 12.4. The molecule has 23 heavy (non-hydrogen) atoms. The van der Waals surface area contributed by atoms with Crippen molar-refractivity contribution in [3.05, 3.63) is 53.5 Å². The molecule has 1 N–H and O–H groups in total. The Kier molecular flexibility index (Phi) is 3.97. The molecule has 118 valence electrons. The van der Waals surface area contributed by atoms with Gasteiger partial charge in [0.25, 0.3) is 5.91 Å². The Morgan fingerprint density at radius 2 is 2.13 bits per heavy atom. The third kappa shape index (κ3) is 3.15. The van der Waals surface area contributed by atoms with Crippen LogP contribution < -0.4 is 10.1 Å². The monoisotopic (exact) mass is 310 g/mol. The van der Waals surface area contributed by atoms with Crippen LogP contribution in [0.2, 0.25) is 0 Å². The number of aromatic nitrogens is 3. The average Bonchev–Trinajstić information content (AvgIpc) is 2.89. The van der Waals surface area contributed by atoms with Gasteiger partial charge in [0.2, 0.25) is 0 Å². The number of fused-ring (bicyclic) bond motifs is 1. The Morgan fingerprint density at radius 1 is 1.30 bits per heavy atom. The molecular formula is C17H18N4O2. The van der Waals surface area contributed by atoms with Crippen LogP contribution in [-0.4, -0.2) is 27.1 Å².